The highest BCUT2D eigenvalue weighted by molar-refractivity contribution is 8.09. The second-order valence-corrected chi connectivity index (χ2v) is 7.41. The van der Waals surface area contributed by atoms with Gasteiger partial charge in [-0.05, 0) is 17.7 Å². The highest BCUT2D eigenvalue weighted by atomic mass is 32.3. The van der Waals surface area contributed by atoms with Crippen LogP contribution in [0.3, 0.4) is 0 Å². The molecule has 0 atom stereocenters. The fraction of sp³-hybridized carbons (Fsp3) is 0.200. The molecule has 94 valence electrons. The van der Waals surface area contributed by atoms with Crippen molar-refractivity contribution in [1.29, 1.82) is 0 Å². The van der Waals surface area contributed by atoms with Crippen LogP contribution in [0, 0.1) is 0 Å². The largest absolute Gasteiger partial charge is 0.245 e. The van der Waals surface area contributed by atoms with Crippen LogP contribution in [0.1, 0.15) is 5.56 Å². The summed E-state index contributed by atoms with van der Waals surface area (Å²) in [6.07, 6.45) is 3.26. The van der Waals surface area contributed by atoms with Gasteiger partial charge < -0.3 is 0 Å². The summed E-state index contributed by atoms with van der Waals surface area (Å²) in [4.78, 5) is 0. The first kappa shape index (κ1) is 13.7. The Morgan fingerprint density at radius 3 is 1.71 bits per heavy atom. The van der Waals surface area contributed by atoms with E-state index in [0.29, 0.717) is 3.71 Å². The Morgan fingerprint density at radius 1 is 1.00 bits per heavy atom. The van der Waals surface area contributed by atoms with Crippen LogP contribution in [-0.4, -0.2) is 29.3 Å². The molecule has 0 radical (unpaired) electrons. The van der Waals surface area contributed by atoms with Crippen LogP contribution < -0.4 is 3.71 Å². The van der Waals surface area contributed by atoms with Crippen molar-refractivity contribution in [3.63, 3.8) is 0 Å². The van der Waals surface area contributed by atoms with Crippen molar-refractivity contribution in [2.45, 2.75) is 0 Å². The average molecular weight is 275 g/mol. The van der Waals surface area contributed by atoms with Gasteiger partial charge in [0.2, 0.25) is 20.0 Å². The number of rotatable bonds is 4. The molecule has 1 aromatic rings. The molecule has 0 amide bonds. The highest BCUT2D eigenvalue weighted by Crippen LogP contribution is 2.21. The normalized spacial score (nSPS) is 12.1. The van der Waals surface area contributed by atoms with Gasteiger partial charge in [-0.15, -0.1) is 0 Å². The molecule has 17 heavy (non-hydrogen) atoms. The van der Waals surface area contributed by atoms with Crippen LogP contribution in [0.5, 0.6) is 0 Å². The van der Waals surface area contributed by atoms with Gasteiger partial charge in [0.25, 0.3) is 0 Å². The number of hydrogen-bond acceptors (Lipinski definition) is 4. The van der Waals surface area contributed by atoms with Gasteiger partial charge in [0.15, 0.2) is 0 Å². The lowest BCUT2D eigenvalue weighted by atomic mass is 10.2. The summed E-state index contributed by atoms with van der Waals surface area (Å²) in [6.45, 7) is 3.55. The van der Waals surface area contributed by atoms with Crippen molar-refractivity contribution in [3.8, 4) is 0 Å². The Morgan fingerprint density at radius 2 is 1.41 bits per heavy atom. The first-order valence-electron chi connectivity index (χ1n) is 4.59. The molecule has 0 fully saturated rings. The van der Waals surface area contributed by atoms with E-state index in [1.807, 2.05) is 0 Å². The molecule has 0 saturated heterocycles. The molecule has 7 heteroatoms. The Bertz CT molecular complexity index is 583. The summed E-state index contributed by atoms with van der Waals surface area (Å²) >= 11 is 0. The standard InChI is InChI=1S/C10H13NO4S2/c1-4-9-5-7-10(8-6-9)11(16(2,12)13)17(3,14)15/h4-8H,1H2,2-3H3. The van der Waals surface area contributed by atoms with Crippen molar-refractivity contribution >= 4 is 31.8 Å². The monoisotopic (exact) mass is 275 g/mol. The summed E-state index contributed by atoms with van der Waals surface area (Å²) in [6, 6.07) is 6.01. The topological polar surface area (TPSA) is 71.5 Å². The molecule has 0 saturated carbocycles. The molecule has 0 aliphatic carbocycles. The van der Waals surface area contributed by atoms with Gasteiger partial charge >= 0.3 is 0 Å². The molecular weight excluding hydrogens is 262 g/mol. The van der Waals surface area contributed by atoms with Gasteiger partial charge in [-0.2, -0.15) is 3.71 Å². The fourth-order valence-corrected chi connectivity index (χ4v) is 4.34. The van der Waals surface area contributed by atoms with E-state index in [1.54, 1.807) is 18.2 Å². The Kier molecular flexibility index (Phi) is 3.63. The third-order valence-corrected chi connectivity index (χ3v) is 5.19. The van der Waals surface area contributed by atoms with Gasteiger partial charge in [-0.25, -0.2) is 16.8 Å². The third kappa shape index (κ3) is 3.31. The van der Waals surface area contributed by atoms with E-state index in [0.717, 1.165) is 18.1 Å². The maximum absolute atomic E-state index is 11.5. The zero-order chi connectivity index (χ0) is 13.3. The van der Waals surface area contributed by atoms with Gasteiger partial charge in [0, 0.05) is 0 Å². The SMILES string of the molecule is C=Cc1ccc(N(S(C)(=O)=O)S(C)(=O)=O)cc1. The summed E-state index contributed by atoms with van der Waals surface area (Å²) < 4.78 is 46.2. The van der Waals surface area contributed by atoms with Gasteiger partial charge in [0.05, 0.1) is 18.2 Å². The number of benzene rings is 1. The lowest BCUT2D eigenvalue weighted by Crippen LogP contribution is -2.35. The Labute approximate surface area is 101 Å². The van der Waals surface area contributed by atoms with Crippen LogP contribution in [0.4, 0.5) is 5.69 Å². The molecule has 1 aromatic carbocycles. The van der Waals surface area contributed by atoms with Crippen LogP contribution in [-0.2, 0) is 20.0 Å². The summed E-state index contributed by atoms with van der Waals surface area (Å²) in [5.41, 5.74) is 0.858. The molecule has 0 aromatic heterocycles. The molecule has 0 aliphatic rings. The minimum Gasteiger partial charge on any atom is -0.206 e. The molecule has 5 nitrogen and oxygen atoms in total. The van der Waals surface area contributed by atoms with Gasteiger partial charge in [-0.1, -0.05) is 24.8 Å². The predicted molar refractivity (Wildman–Crippen MR) is 68.7 cm³/mol. The van der Waals surface area contributed by atoms with Crippen LogP contribution in [0.15, 0.2) is 30.8 Å². The van der Waals surface area contributed by atoms with E-state index >= 15 is 0 Å². The minimum absolute atomic E-state index is 0.0839. The average Bonchev–Trinajstić information content (AvgIpc) is 2.14. The summed E-state index contributed by atoms with van der Waals surface area (Å²) in [5, 5.41) is 0. The van der Waals surface area contributed by atoms with Gasteiger partial charge in [-0.3, -0.25) is 0 Å². The zero-order valence-electron chi connectivity index (χ0n) is 9.49. The maximum atomic E-state index is 11.5. The van der Waals surface area contributed by atoms with Crippen molar-refractivity contribution in [1.82, 2.24) is 0 Å². The van der Waals surface area contributed by atoms with E-state index in [9.17, 15) is 16.8 Å². The van der Waals surface area contributed by atoms with Crippen molar-refractivity contribution < 1.29 is 16.8 Å². The molecule has 0 bridgehead atoms. The van der Waals surface area contributed by atoms with E-state index in [-0.39, 0.29) is 5.69 Å². The van der Waals surface area contributed by atoms with E-state index in [2.05, 4.69) is 6.58 Å². The highest BCUT2D eigenvalue weighted by Gasteiger charge is 2.26. The number of hydrogen-bond donors (Lipinski definition) is 0. The number of sulfonamides is 2. The second kappa shape index (κ2) is 4.50. The van der Waals surface area contributed by atoms with E-state index in [1.165, 1.54) is 12.1 Å². The number of nitrogens with zero attached hydrogens (tertiary/aromatic N) is 1. The lowest BCUT2D eigenvalue weighted by molar-refractivity contribution is 0.590. The Hall–Kier alpha value is -1.34. The van der Waals surface area contributed by atoms with Crippen LogP contribution in [0.2, 0.25) is 0 Å². The summed E-state index contributed by atoms with van der Waals surface area (Å²) in [5.74, 6) is 0. The predicted octanol–water partition coefficient (Wildman–Crippen LogP) is 1.06. The smallest absolute Gasteiger partial charge is 0.206 e. The van der Waals surface area contributed by atoms with Crippen molar-refractivity contribution in [2.75, 3.05) is 16.2 Å². The molecule has 0 aliphatic heterocycles. The fourth-order valence-electron chi connectivity index (χ4n) is 1.36. The zero-order valence-corrected chi connectivity index (χ0v) is 11.1. The number of anilines is 1. The summed E-state index contributed by atoms with van der Waals surface area (Å²) in [7, 11) is -7.75. The first-order valence-corrected chi connectivity index (χ1v) is 8.29. The third-order valence-electron chi connectivity index (χ3n) is 1.94. The second-order valence-electron chi connectivity index (χ2n) is 3.52. The van der Waals surface area contributed by atoms with Crippen LogP contribution in [0.25, 0.3) is 6.08 Å². The van der Waals surface area contributed by atoms with Gasteiger partial charge in [0.1, 0.15) is 0 Å². The molecule has 0 heterocycles. The van der Waals surface area contributed by atoms with Crippen molar-refractivity contribution in [2.24, 2.45) is 0 Å². The van der Waals surface area contributed by atoms with Crippen molar-refractivity contribution in [3.05, 3.63) is 36.4 Å². The maximum Gasteiger partial charge on any atom is 0.245 e. The quantitative estimate of drug-likeness (QED) is 0.823. The molecule has 0 unspecified atom stereocenters. The first-order chi connectivity index (χ1) is 7.66. The van der Waals surface area contributed by atoms with Crippen LogP contribution >= 0.6 is 0 Å². The minimum atomic E-state index is -3.88. The lowest BCUT2D eigenvalue weighted by Gasteiger charge is -2.19. The van der Waals surface area contributed by atoms with E-state index in [4.69, 9.17) is 0 Å². The molecule has 0 spiro atoms. The Balaban J connectivity index is 3.39. The molecule has 0 N–H and O–H groups in total. The van der Waals surface area contributed by atoms with E-state index < -0.39 is 20.0 Å². The molecule has 1 rings (SSSR count). The molecular formula is C10H13NO4S2.